The van der Waals surface area contributed by atoms with Gasteiger partial charge in [-0.25, -0.2) is 0 Å². The van der Waals surface area contributed by atoms with Crippen LogP contribution in [0.2, 0.25) is 0 Å². The normalized spacial score (nSPS) is 14.0. The van der Waals surface area contributed by atoms with Gasteiger partial charge in [-0.05, 0) is 54.8 Å². The van der Waals surface area contributed by atoms with Gasteiger partial charge in [0.1, 0.15) is 5.75 Å². The summed E-state index contributed by atoms with van der Waals surface area (Å²) in [4.78, 5) is 13.7. The van der Waals surface area contributed by atoms with E-state index in [1.165, 1.54) is 0 Å². The fourth-order valence-electron chi connectivity index (χ4n) is 3.20. The topological polar surface area (TPSA) is 81.2 Å². The Labute approximate surface area is 151 Å². The van der Waals surface area contributed by atoms with Crippen LogP contribution in [0.15, 0.2) is 48.5 Å². The van der Waals surface area contributed by atoms with Gasteiger partial charge in [-0.1, -0.05) is 12.1 Å². The van der Waals surface area contributed by atoms with Crippen molar-refractivity contribution in [3.05, 3.63) is 54.1 Å². The van der Waals surface area contributed by atoms with Gasteiger partial charge in [-0.3, -0.25) is 9.89 Å². The lowest BCUT2D eigenvalue weighted by Crippen LogP contribution is -2.23. The molecular weight excluding hydrogens is 328 g/mol. The highest BCUT2D eigenvalue weighted by Crippen LogP contribution is 2.28. The Morgan fingerprint density at radius 1 is 1.15 bits per heavy atom. The predicted octanol–water partition coefficient (Wildman–Crippen LogP) is 3.96. The molecular formula is C20H20N4O2. The maximum absolute atomic E-state index is 11.8. The minimum atomic E-state index is 0.190. The first kappa shape index (κ1) is 16.2. The number of hydrogen-bond acceptors (Lipinski definition) is 4. The monoisotopic (exact) mass is 348 g/mol. The molecule has 0 unspecified atom stereocenters. The lowest BCUT2D eigenvalue weighted by molar-refractivity contribution is -0.117. The number of aromatic hydroxyl groups is 1. The van der Waals surface area contributed by atoms with Crippen LogP contribution in [0, 0.1) is 6.92 Å². The van der Waals surface area contributed by atoms with E-state index in [-0.39, 0.29) is 11.7 Å². The first-order valence-electron chi connectivity index (χ1n) is 8.63. The van der Waals surface area contributed by atoms with Crippen molar-refractivity contribution in [2.24, 2.45) is 0 Å². The number of amides is 1. The fourth-order valence-corrected chi connectivity index (χ4v) is 3.20. The Hall–Kier alpha value is -3.28. The van der Waals surface area contributed by atoms with E-state index in [4.69, 9.17) is 0 Å². The highest BCUT2D eigenvalue weighted by molar-refractivity contribution is 5.95. The summed E-state index contributed by atoms with van der Waals surface area (Å²) in [6.45, 7) is 2.72. The average molecular weight is 348 g/mol. The molecule has 2 heterocycles. The highest BCUT2D eigenvalue weighted by Gasteiger charge is 2.21. The first-order chi connectivity index (χ1) is 12.6. The van der Waals surface area contributed by atoms with Crippen molar-refractivity contribution in [2.75, 3.05) is 16.8 Å². The van der Waals surface area contributed by atoms with Crippen molar-refractivity contribution in [1.29, 1.82) is 0 Å². The lowest BCUT2D eigenvalue weighted by Gasteiger charge is -2.15. The molecule has 6 nitrogen and oxygen atoms in total. The number of aryl methyl sites for hydroxylation is 1. The minimum Gasteiger partial charge on any atom is -0.508 e. The van der Waals surface area contributed by atoms with Crippen molar-refractivity contribution in [2.45, 2.75) is 19.8 Å². The first-order valence-corrected chi connectivity index (χ1v) is 8.63. The lowest BCUT2D eigenvalue weighted by atomic mass is 10.1. The summed E-state index contributed by atoms with van der Waals surface area (Å²) in [6.07, 6.45) is 1.56. The van der Waals surface area contributed by atoms with Gasteiger partial charge in [0.2, 0.25) is 5.91 Å². The molecule has 2 aromatic carbocycles. The molecule has 1 aliphatic rings. The third-order valence-electron chi connectivity index (χ3n) is 4.61. The molecule has 0 spiro atoms. The van der Waals surface area contributed by atoms with Gasteiger partial charge < -0.3 is 15.3 Å². The second kappa shape index (κ2) is 6.55. The molecule has 1 fully saturated rings. The van der Waals surface area contributed by atoms with Crippen LogP contribution in [-0.4, -0.2) is 27.8 Å². The van der Waals surface area contributed by atoms with Gasteiger partial charge in [0.15, 0.2) is 5.82 Å². The summed E-state index contributed by atoms with van der Waals surface area (Å²) < 4.78 is 0. The fraction of sp³-hybridized carbons (Fsp3) is 0.200. The van der Waals surface area contributed by atoms with Gasteiger partial charge in [0, 0.05) is 30.4 Å². The van der Waals surface area contributed by atoms with Crippen LogP contribution in [0.3, 0.4) is 0 Å². The van der Waals surface area contributed by atoms with Crippen molar-refractivity contribution in [3.63, 3.8) is 0 Å². The number of H-pyrrole nitrogens is 1. The third-order valence-corrected chi connectivity index (χ3v) is 4.61. The van der Waals surface area contributed by atoms with Crippen molar-refractivity contribution in [3.8, 4) is 17.0 Å². The smallest absolute Gasteiger partial charge is 0.227 e. The number of hydrogen-bond donors (Lipinski definition) is 3. The summed E-state index contributed by atoms with van der Waals surface area (Å²) in [6, 6.07) is 15.0. The van der Waals surface area contributed by atoms with Gasteiger partial charge in [-0.15, -0.1) is 0 Å². The maximum atomic E-state index is 11.8. The Kier molecular flexibility index (Phi) is 4.08. The molecule has 3 N–H and O–H groups in total. The van der Waals surface area contributed by atoms with E-state index in [0.29, 0.717) is 12.2 Å². The SMILES string of the molecule is Cc1cc(O)ccc1Nc1cc(-c2ccc(N3CCCC3=O)cc2)[nH]n1. The van der Waals surface area contributed by atoms with Crippen LogP contribution in [0.4, 0.5) is 17.2 Å². The number of rotatable bonds is 4. The number of carbonyl (C=O) groups is 1. The number of nitrogens with zero attached hydrogens (tertiary/aromatic N) is 2. The molecule has 1 amide bonds. The van der Waals surface area contributed by atoms with Gasteiger partial charge in [-0.2, -0.15) is 5.10 Å². The summed E-state index contributed by atoms with van der Waals surface area (Å²) in [7, 11) is 0. The zero-order valence-corrected chi connectivity index (χ0v) is 14.5. The summed E-state index contributed by atoms with van der Waals surface area (Å²) in [5, 5.41) is 20.1. The van der Waals surface area contributed by atoms with Gasteiger partial charge in [0.05, 0.1) is 5.69 Å². The average Bonchev–Trinajstić information content (AvgIpc) is 3.27. The molecule has 0 atom stereocenters. The number of carbonyl (C=O) groups excluding carboxylic acids is 1. The predicted molar refractivity (Wildman–Crippen MR) is 102 cm³/mol. The third kappa shape index (κ3) is 3.13. The van der Waals surface area contributed by atoms with Crippen LogP contribution >= 0.6 is 0 Å². The zero-order chi connectivity index (χ0) is 18.1. The number of phenolic OH excluding ortho intramolecular Hbond substituents is 1. The number of aromatic nitrogens is 2. The van der Waals surface area contributed by atoms with Gasteiger partial charge in [0.25, 0.3) is 0 Å². The molecule has 1 saturated heterocycles. The second-order valence-corrected chi connectivity index (χ2v) is 6.49. The van der Waals surface area contributed by atoms with Crippen LogP contribution in [0.5, 0.6) is 5.75 Å². The Morgan fingerprint density at radius 2 is 1.96 bits per heavy atom. The molecule has 0 radical (unpaired) electrons. The number of phenols is 1. The molecule has 0 saturated carbocycles. The summed E-state index contributed by atoms with van der Waals surface area (Å²) >= 11 is 0. The van der Waals surface area contributed by atoms with Crippen LogP contribution < -0.4 is 10.2 Å². The highest BCUT2D eigenvalue weighted by atomic mass is 16.3. The van der Waals surface area contributed by atoms with E-state index in [9.17, 15) is 9.90 Å². The largest absolute Gasteiger partial charge is 0.508 e. The van der Waals surface area contributed by atoms with E-state index in [1.807, 2.05) is 48.2 Å². The van der Waals surface area contributed by atoms with Crippen LogP contribution in [0.1, 0.15) is 18.4 Å². The molecule has 132 valence electrons. The summed E-state index contributed by atoms with van der Waals surface area (Å²) in [5.74, 6) is 1.13. The molecule has 26 heavy (non-hydrogen) atoms. The van der Waals surface area contributed by atoms with E-state index in [2.05, 4.69) is 15.5 Å². The second-order valence-electron chi connectivity index (χ2n) is 6.49. The molecule has 3 aromatic rings. The number of nitrogens with one attached hydrogen (secondary N) is 2. The number of benzene rings is 2. The number of aromatic amines is 1. The standard InChI is InChI=1S/C20H20N4O2/c1-13-11-16(25)8-9-17(13)21-19-12-18(22-23-19)14-4-6-15(7-5-14)24-10-2-3-20(24)26/h4-9,11-12,25H,2-3,10H2,1H3,(H2,21,22,23). The molecule has 0 bridgehead atoms. The maximum Gasteiger partial charge on any atom is 0.227 e. The quantitative estimate of drug-likeness (QED) is 0.623. The Balaban J connectivity index is 1.51. The molecule has 1 aliphatic heterocycles. The van der Waals surface area contributed by atoms with Gasteiger partial charge >= 0.3 is 0 Å². The van der Waals surface area contributed by atoms with E-state index >= 15 is 0 Å². The molecule has 4 rings (SSSR count). The van der Waals surface area contributed by atoms with E-state index in [0.717, 1.165) is 41.2 Å². The van der Waals surface area contributed by atoms with Crippen LogP contribution in [-0.2, 0) is 4.79 Å². The van der Waals surface area contributed by atoms with Crippen molar-refractivity contribution >= 4 is 23.1 Å². The van der Waals surface area contributed by atoms with Crippen molar-refractivity contribution in [1.82, 2.24) is 10.2 Å². The zero-order valence-electron chi connectivity index (χ0n) is 14.5. The van der Waals surface area contributed by atoms with Crippen molar-refractivity contribution < 1.29 is 9.90 Å². The Morgan fingerprint density at radius 3 is 2.65 bits per heavy atom. The molecule has 6 heteroatoms. The van der Waals surface area contributed by atoms with Crippen LogP contribution in [0.25, 0.3) is 11.3 Å². The van der Waals surface area contributed by atoms with E-state index < -0.39 is 0 Å². The summed E-state index contributed by atoms with van der Waals surface area (Å²) in [5.41, 5.74) is 4.67. The minimum absolute atomic E-state index is 0.190. The number of anilines is 3. The molecule has 1 aromatic heterocycles. The molecule has 0 aliphatic carbocycles. The van der Waals surface area contributed by atoms with E-state index in [1.54, 1.807) is 12.1 Å². The Bertz CT molecular complexity index is 947.